The number of hydrogen-bond donors (Lipinski definition) is 0. The highest BCUT2D eigenvalue weighted by Gasteiger charge is 2.40. The first-order valence-corrected chi connectivity index (χ1v) is 6.26. The van der Waals surface area contributed by atoms with Crippen molar-refractivity contribution in [2.24, 2.45) is 0 Å². The summed E-state index contributed by atoms with van der Waals surface area (Å²) in [6.45, 7) is 1.83. The smallest absolute Gasteiger partial charge is 0.331 e. The zero-order chi connectivity index (χ0) is 12.5. The third-order valence-electron chi connectivity index (χ3n) is 2.64. The summed E-state index contributed by atoms with van der Waals surface area (Å²) < 4.78 is 32.2. The van der Waals surface area contributed by atoms with E-state index in [0.29, 0.717) is 12.0 Å². The van der Waals surface area contributed by atoms with E-state index >= 15 is 0 Å². The van der Waals surface area contributed by atoms with E-state index in [1.165, 1.54) is 11.3 Å². The Bertz CT molecular complexity index is 463. The van der Waals surface area contributed by atoms with Crippen LogP contribution in [0.5, 0.6) is 0 Å². The van der Waals surface area contributed by atoms with Crippen LogP contribution < -0.4 is 0 Å². The van der Waals surface area contributed by atoms with Crippen molar-refractivity contribution in [2.45, 2.75) is 25.7 Å². The molecule has 0 saturated heterocycles. The molecule has 0 fully saturated rings. The molecule has 1 aliphatic rings. The minimum atomic E-state index is -2.94. The third kappa shape index (κ3) is 2.39. The van der Waals surface area contributed by atoms with E-state index in [1.54, 1.807) is 18.4 Å². The number of rotatable bonds is 2. The number of carbonyl (C=O) groups is 1. The molecule has 0 aromatic carbocycles. The summed E-state index contributed by atoms with van der Waals surface area (Å²) >= 11 is 1.44. The quantitative estimate of drug-likeness (QED) is 0.601. The van der Waals surface area contributed by atoms with E-state index in [2.05, 4.69) is 4.74 Å². The van der Waals surface area contributed by atoms with Gasteiger partial charge in [-0.25, -0.2) is 13.6 Å². The second-order valence-corrected chi connectivity index (χ2v) is 4.77. The standard InChI is InChI=1S/C12H12F2O2S/c1-2-16-11(15)7-9-8-4-6-17-10(8)3-5-12(9,13)14/h4,6-7H,2-3,5H2,1H3. The van der Waals surface area contributed by atoms with Crippen LogP contribution in [0.15, 0.2) is 17.5 Å². The highest BCUT2D eigenvalue weighted by molar-refractivity contribution is 7.10. The topological polar surface area (TPSA) is 26.3 Å². The Kier molecular flexibility index (Phi) is 3.28. The molecule has 0 aliphatic heterocycles. The minimum absolute atomic E-state index is 0.185. The number of halogens is 2. The Morgan fingerprint density at radius 3 is 3.12 bits per heavy atom. The SMILES string of the molecule is CCOC(=O)C=C1c2ccsc2CCC1(F)F. The maximum atomic E-state index is 13.8. The molecule has 1 aromatic heterocycles. The van der Waals surface area contributed by atoms with Gasteiger partial charge in [0.25, 0.3) is 5.92 Å². The van der Waals surface area contributed by atoms with Crippen LogP contribution in [0, 0.1) is 0 Å². The lowest BCUT2D eigenvalue weighted by Gasteiger charge is -2.25. The molecule has 5 heteroatoms. The van der Waals surface area contributed by atoms with Crippen LogP contribution in [0.3, 0.4) is 0 Å². The summed E-state index contributed by atoms with van der Waals surface area (Å²) in [6.07, 6.45) is 1.04. The van der Waals surface area contributed by atoms with Crippen LogP contribution in [0.4, 0.5) is 8.78 Å². The van der Waals surface area contributed by atoms with Gasteiger partial charge in [0.05, 0.1) is 6.61 Å². The molecule has 2 rings (SSSR count). The lowest BCUT2D eigenvalue weighted by molar-refractivity contribution is -0.137. The molecule has 0 amide bonds. The zero-order valence-electron chi connectivity index (χ0n) is 9.33. The maximum absolute atomic E-state index is 13.8. The molecular weight excluding hydrogens is 246 g/mol. The monoisotopic (exact) mass is 258 g/mol. The molecular formula is C12H12F2O2S. The first-order chi connectivity index (χ1) is 8.04. The largest absolute Gasteiger partial charge is 0.463 e. The van der Waals surface area contributed by atoms with E-state index in [4.69, 9.17) is 0 Å². The molecule has 1 heterocycles. The average molecular weight is 258 g/mol. The van der Waals surface area contributed by atoms with Crippen LogP contribution in [0.1, 0.15) is 23.8 Å². The second-order valence-electron chi connectivity index (χ2n) is 3.77. The second kappa shape index (κ2) is 4.56. The van der Waals surface area contributed by atoms with Gasteiger partial charge in [-0.15, -0.1) is 11.3 Å². The van der Waals surface area contributed by atoms with Crippen molar-refractivity contribution in [3.05, 3.63) is 28.0 Å². The summed E-state index contributed by atoms with van der Waals surface area (Å²) in [7, 11) is 0. The van der Waals surface area contributed by atoms with Crippen molar-refractivity contribution in [2.75, 3.05) is 6.61 Å². The summed E-state index contributed by atoms with van der Waals surface area (Å²) in [5.74, 6) is -3.65. The Morgan fingerprint density at radius 1 is 1.65 bits per heavy atom. The molecule has 1 aliphatic carbocycles. The number of thiophene rings is 1. The van der Waals surface area contributed by atoms with Crippen molar-refractivity contribution in [3.8, 4) is 0 Å². The number of fused-ring (bicyclic) bond motifs is 1. The molecule has 0 radical (unpaired) electrons. The van der Waals surface area contributed by atoms with Crippen molar-refractivity contribution in [1.29, 1.82) is 0 Å². The average Bonchev–Trinajstić information content (AvgIpc) is 2.71. The van der Waals surface area contributed by atoms with Gasteiger partial charge in [0, 0.05) is 22.9 Å². The summed E-state index contributed by atoms with van der Waals surface area (Å²) in [5.41, 5.74) is 0.276. The molecule has 0 atom stereocenters. The number of alkyl halides is 2. The number of allylic oxidation sites excluding steroid dienone is 1. The molecule has 0 N–H and O–H groups in total. The first-order valence-electron chi connectivity index (χ1n) is 5.38. The highest BCUT2D eigenvalue weighted by Crippen LogP contribution is 2.44. The Morgan fingerprint density at radius 2 is 2.41 bits per heavy atom. The van der Waals surface area contributed by atoms with Gasteiger partial charge in [0.1, 0.15) is 0 Å². The molecule has 0 spiro atoms. The first kappa shape index (κ1) is 12.2. The maximum Gasteiger partial charge on any atom is 0.331 e. The molecule has 1 aromatic rings. The molecule has 92 valence electrons. The van der Waals surface area contributed by atoms with Crippen LogP contribution >= 0.6 is 11.3 Å². The normalized spacial score (nSPS) is 20.1. The molecule has 0 bridgehead atoms. The van der Waals surface area contributed by atoms with Gasteiger partial charge in [0.2, 0.25) is 0 Å². The Balaban J connectivity index is 2.39. The number of hydrogen-bond acceptors (Lipinski definition) is 3. The van der Waals surface area contributed by atoms with Crippen molar-refractivity contribution in [3.63, 3.8) is 0 Å². The van der Waals surface area contributed by atoms with E-state index in [0.717, 1.165) is 11.0 Å². The minimum Gasteiger partial charge on any atom is -0.463 e. The van der Waals surface area contributed by atoms with Crippen molar-refractivity contribution in [1.82, 2.24) is 0 Å². The van der Waals surface area contributed by atoms with Gasteiger partial charge in [-0.05, 0) is 30.4 Å². The van der Waals surface area contributed by atoms with Crippen molar-refractivity contribution >= 4 is 22.9 Å². The molecule has 0 saturated carbocycles. The fourth-order valence-electron chi connectivity index (χ4n) is 1.86. The van der Waals surface area contributed by atoms with E-state index < -0.39 is 11.9 Å². The molecule has 2 nitrogen and oxygen atoms in total. The van der Waals surface area contributed by atoms with E-state index in [-0.39, 0.29) is 18.6 Å². The fourth-order valence-corrected chi connectivity index (χ4v) is 2.75. The van der Waals surface area contributed by atoms with Gasteiger partial charge >= 0.3 is 5.97 Å². The lowest BCUT2D eigenvalue weighted by atomic mass is 9.89. The predicted octanol–water partition coefficient (Wildman–Crippen LogP) is 3.28. The van der Waals surface area contributed by atoms with Crippen LogP contribution in [0.25, 0.3) is 5.57 Å². The lowest BCUT2D eigenvalue weighted by Crippen LogP contribution is -2.24. The molecule has 0 unspecified atom stereocenters. The summed E-state index contributed by atoms with van der Waals surface area (Å²) in [4.78, 5) is 12.2. The predicted molar refractivity (Wildman–Crippen MR) is 62.2 cm³/mol. The van der Waals surface area contributed by atoms with Gasteiger partial charge < -0.3 is 4.74 Å². The highest BCUT2D eigenvalue weighted by atomic mass is 32.1. The number of carbonyl (C=O) groups excluding carboxylic acids is 1. The van der Waals surface area contributed by atoms with Crippen LogP contribution in [-0.2, 0) is 16.0 Å². The number of aryl methyl sites for hydroxylation is 1. The summed E-state index contributed by atoms with van der Waals surface area (Å²) in [6, 6.07) is 1.64. The zero-order valence-corrected chi connectivity index (χ0v) is 10.2. The number of ether oxygens (including phenoxy) is 1. The van der Waals surface area contributed by atoms with E-state index in [9.17, 15) is 13.6 Å². The Hall–Kier alpha value is -1.23. The molecule has 17 heavy (non-hydrogen) atoms. The fraction of sp³-hybridized carbons (Fsp3) is 0.417. The van der Waals surface area contributed by atoms with Crippen LogP contribution in [-0.4, -0.2) is 18.5 Å². The summed E-state index contributed by atoms with van der Waals surface area (Å²) in [5, 5.41) is 1.77. The van der Waals surface area contributed by atoms with E-state index in [1.807, 2.05) is 0 Å². The van der Waals surface area contributed by atoms with Crippen LogP contribution in [0.2, 0.25) is 0 Å². The Labute approximate surface area is 102 Å². The van der Waals surface area contributed by atoms with Gasteiger partial charge in [-0.1, -0.05) is 0 Å². The van der Waals surface area contributed by atoms with Gasteiger partial charge in [0.15, 0.2) is 0 Å². The van der Waals surface area contributed by atoms with Gasteiger partial charge in [-0.3, -0.25) is 0 Å². The third-order valence-corrected chi connectivity index (χ3v) is 3.63. The van der Waals surface area contributed by atoms with Gasteiger partial charge in [-0.2, -0.15) is 0 Å². The number of esters is 1. The van der Waals surface area contributed by atoms with Crippen molar-refractivity contribution < 1.29 is 18.3 Å².